The average Bonchev–Trinajstić information content (AvgIpc) is 3.21. The molecule has 1 aromatic carbocycles. The van der Waals surface area contributed by atoms with E-state index in [0.29, 0.717) is 5.92 Å². The van der Waals surface area contributed by atoms with Crippen LogP contribution in [-0.2, 0) is 13.0 Å². The van der Waals surface area contributed by atoms with Crippen molar-refractivity contribution in [1.29, 1.82) is 0 Å². The number of carbonyl (C=O) groups is 1. The Morgan fingerprint density at radius 1 is 1.36 bits per heavy atom. The van der Waals surface area contributed by atoms with Gasteiger partial charge in [0, 0.05) is 19.6 Å². The van der Waals surface area contributed by atoms with Crippen LogP contribution in [0.5, 0.6) is 0 Å². The number of nitrogens with zero attached hydrogens (tertiary/aromatic N) is 2. The number of thiazole rings is 1. The number of rotatable bonds is 6. The van der Waals surface area contributed by atoms with E-state index >= 15 is 0 Å². The highest BCUT2D eigenvalue weighted by Crippen LogP contribution is 2.21. The fourth-order valence-electron chi connectivity index (χ4n) is 3.46. The summed E-state index contributed by atoms with van der Waals surface area (Å²) in [6.07, 6.45) is 1.95. The molecule has 1 aromatic heterocycles. The Hall–Kier alpha value is -1.72. The van der Waals surface area contributed by atoms with E-state index in [1.807, 2.05) is 13.8 Å². The minimum Gasteiger partial charge on any atom is -0.351 e. The first-order valence-corrected chi connectivity index (χ1v) is 9.89. The zero-order chi connectivity index (χ0) is 17.8. The van der Waals surface area contributed by atoms with Gasteiger partial charge in [-0.25, -0.2) is 4.98 Å². The standard InChI is InChI=1S/C20H27N3OS/c1-4-18-19(25-15(3)22-18)20(24)21-11-16-9-10-23(12-16)13-17-8-6-5-7-14(17)2/h5-8,16H,4,9-13H2,1-3H3,(H,21,24)/t16-/m1/s1. The van der Waals surface area contributed by atoms with Crippen molar-refractivity contribution in [2.75, 3.05) is 19.6 Å². The summed E-state index contributed by atoms with van der Waals surface area (Å²) in [7, 11) is 0. The first-order chi connectivity index (χ1) is 12.1. The van der Waals surface area contributed by atoms with Gasteiger partial charge in [-0.05, 0) is 50.3 Å². The summed E-state index contributed by atoms with van der Waals surface area (Å²) in [5, 5.41) is 4.09. The van der Waals surface area contributed by atoms with Crippen molar-refractivity contribution < 1.29 is 4.79 Å². The molecule has 1 fully saturated rings. The Morgan fingerprint density at radius 2 is 2.16 bits per heavy atom. The molecule has 1 amide bonds. The molecule has 1 N–H and O–H groups in total. The van der Waals surface area contributed by atoms with Gasteiger partial charge in [0.2, 0.25) is 0 Å². The van der Waals surface area contributed by atoms with Gasteiger partial charge in [0.05, 0.1) is 10.7 Å². The lowest BCUT2D eigenvalue weighted by Crippen LogP contribution is -2.31. The van der Waals surface area contributed by atoms with E-state index in [4.69, 9.17) is 0 Å². The molecule has 0 unspecified atom stereocenters. The van der Waals surface area contributed by atoms with Crippen molar-refractivity contribution in [3.63, 3.8) is 0 Å². The van der Waals surface area contributed by atoms with Crippen molar-refractivity contribution in [2.45, 2.75) is 40.2 Å². The van der Waals surface area contributed by atoms with Crippen LogP contribution in [0.4, 0.5) is 0 Å². The SMILES string of the molecule is CCc1nc(C)sc1C(=O)NC[C@H]1CCN(Cc2ccccc2C)C1. The molecule has 2 aromatic rings. The molecule has 1 atom stereocenters. The molecule has 4 nitrogen and oxygen atoms in total. The lowest BCUT2D eigenvalue weighted by Gasteiger charge is -2.17. The van der Waals surface area contributed by atoms with Crippen LogP contribution in [0.25, 0.3) is 0 Å². The molecular weight excluding hydrogens is 330 g/mol. The summed E-state index contributed by atoms with van der Waals surface area (Å²) >= 11 is 1.50. The summed E-state index contributed by atoms with van der Waals surface area (Å²) in [6, 6.07) is 8.58. The molecule has 0 aliphatic carbocycles. The largest absolute Gasteiger partial charge is 0.351 e. The normalized spacial score (nSPS) is 17.8. The maximum Gasteiger partial charge on any atom is 0.263 e. The Bertz CT molecular complexity index is 740. The second kappa shape index (κ2) is 8.11. The highest BCUT2D eigenvalue weighted by atomic mass is 32.1. The quantitative estimate of drug-likeness (QED) is 0.859. The van der Waals surface area contributed by atoms with E-state index in [9.17, 15) is 4.79 Å². The third-order valence-electron chi connectivity index (χ3n) is 4.92. The maximum atomic E-state index is 12.5. The highest BCUT2D eigenvalue weighted by Gasteiger charge is 2.24. The van der Waals surface area contributed by atoms with Crippen LogP contribution in [-0.4, -0.2) is 35.4 Å². The molecule has 2 heterocycles. The first kappa shape index (κ1) is 18.1. The van der Waals surface area contributed by atoms with E-state index in [1.165, 1.54) is 22.5 Å². The third-order valence-corrected chi connectivity index (χ3v) is 5.93. The van der Waals surface area contributed by atoms with Crippen molar-refractivity contribution in [3.8, 4) is 0 Å². The van der Waals surface area contributed by atoms with Gasteiger partial charge in [-0.1, -0.05) is 31.2 Å². The number of nitrogens with one attached hydrogen (secondary N) is 1. The molecular formula is C20H27N3OS. The number of benzene rings is 1. The number of hydrogen-bond acceptors (Lipinski definition) is 4. The number of carbonyl (C=O) groups excluding carboxylic acids is 1. The highest BCUT2D eigenvalue weighted by molar-refractivity contribution is 7.13. The van der Waals surface area contributed by atoms with Crippen LogP contribution in [0.1, 0.15) is 44.8 Å². The van der Waals surface area contributed by atoms with Gasteiger partial charge in [-0.3, -0.25) is 9.69 Å². The minimum atomic E-state index is 0.0415. The van der Waals surface area contributed by atoms with Crippen LogP contribution < -0.4 is 5.32 Å². The van der Waals surface area contributed by atoms with Gasteiger partial charge in [-0.15, -0.1) is 11.3 Å². The molecule has 0 spiro atoms. The van der Waals surface area contributed by atoms with E-state index in [0.717, 1.165) is 54.6 Å². The zero-order valence-electron chi connectivity index (χ0n) is 15.3. The molecule has 1 aliphatic rings. The lowest BCUT2D eigenvalue weighted by molar-refractivity contribution is 0.0950. The predicted octanol–water partition coefficient (Wildman–Crippen LogP) is 3.57. The second-order valence-corrected chi connectivity index (χ2v) is 8.09. The van der Waals surface area contributed by atoms with E-state index in [1.54, 1.807) is 0 Å². The van der Waals surface area contributed by atoms with E-state index in [2.05, 4.69) is 46.4 Å². The molecule has 1 aliphatic heterocycles. The predicted molar refractivity (Wildman–Crippen MR) is 103 cm³/mol. The monoisotopic (exact) mass is 357 g/mol. The summed E-state index contributed by atoms with van der Waals surface area (Å²) in [5.41, 5.74) is 3.68. The van der Waals surface area contributed by atoms with Crippen molar-refractivity contribution >= 4 is 17.2 Å². The molecule has 0 saturated carbocycles. The number of amides is 1. The summed E-state index contributed by atoms with van der Waals surface area (Å²) < 4.78 is 0. The maximum absolute atomic E-state index is 12.5. The van der Waals surface area contributed by atoms with Gasteiger partial charge < -0.3 is 5.32 Å². The topological polar surface area (TPSA) is 45.2 Å². The van der Waals surface area contributed by atoms with Crippen LogP contribution in [0.3, 0.4) is 0 Å². The van der Waals surface area contributed by atoms with Gasteiger partial charge in [0.25, 0.3) is 5.91 Å². The van der Waals surface area contributed by atoms with Crippen molar-refractivity contribution in [1.82, 2.24) is 15.2 Å². The van der Waals surface area contributed by atoms with Crippen LogP contribution in [0.15, 0.2) is 24.3 Å². The molecule has 5 heteroatoms. The van der Waals surface area contributed by atoms with Crippen molar-refractivity contribution in [2.24, 2.45) is 5.92 Å². The Kier molecular flexibility index (Phi) is 5.86. The molecule has 3 rings (SSSR count). The van der Waals surface area contributed by atoms with E-state index < -0.39 is 0 Å². The number of aryl methyl sites for hydroxylation is 3. The molecule has 0 radical (unpaired) electrons. The Balaban J connectivity index is 1.50. The number of likely N-dealkylation sites (tertiary alicyclic amines) is 1. The fourth-order valence-corrected chi connectivity index (χ4v) is 4.38. The molecule has 25 heavy (non-hydrogen) atoms. The van der Waals surface area contributed by atoms with Crippen molar-refractivity contribution in [3.05, 3.63) is 51.0 Å². The molecule has 134 valence electrons. The second-order valence-electron chi connectivity index (χ2n) is 6.89. The fraction of sp³-hybridized carbons (Fsp3) is 0.500. The Morgan fingerprint density at radius 3 is 2.92 bits per heavy atom. The zero-order valence-corrected chi connectivity index (χ0v) is 16.2. The van der Waals surface area contributed by atoms with Gasteiger partial charge in [0.1, 0.15) is 4.88 Å². The van der Waals surface area contributed by atoms with Crippen LogP contribution >= 0.6 is 11.3 Å². The number of aromatic nitrogens is 1. The molecule has 0 bridgehead atoms. The summed E-state index contributed by atoms with van der Waals surface area (Å²) in [6.45, 7) is 10.1. The Labute approximate surface area is 154 Å². The van der Waals surface area contributed by atoms with Gasteiger partial charge in [0.15, 0.2) is 0 Å². The average molecular weight is 358 g/mol. The lowest BCUT2D eigenvalue weighted by atomic mass is 10.1. The van der Waals surface area contributed by atoms with E-state index in [-0.39, 0.29) is 5.91 Å². The molecule has 1 saturated heterocycles. The first-order valence-electron chi connectivity index (χ1n) is 9.08. The third kappa shape index (κ3) is 4.47. The number of hydrogen-bond donors (Lipinski definition) is 1. The van der Waals surface area contributed by atoms with Crippen LogP contribution in [0, 0.1) is 19.8 Å². The summed E-state index contributed by atoms with van der Waals surface area (Å²) in [5.74, 6) is 0.576. The smallest absolute Gasteiger partial charge is 0.263 e. The van der Waals surface area contributed by atoms with Gasteiger partial charge in [-0.2, -0.15) is 0 Å². The summed E-state index contributed by atoms with van der Waals surface area (Å²) in [4.78, 5) is 20.2. The minimum absolute atomic E-state index is 0.0415. The van der Waals surface area contributed by atoms with Crippen LogP contribution in [0.2, 0.25) is 0 Å². The van der Waals surface area contributed by atoms with Gasteiger partial charge >= 0.3 is 0 Å².